The molecule has 2 aromatic rings. The number of hydrogen-bond acceptors (Lipinski definition) is 3. The van der Waals surface area contributed by atoms with Crippen molar-refractivity contribution in [1.82, 2.24) is 10.2 Å². The molecule has 0 aromatic heterocycles. The predicted octanol–water partition coefficient (Wildman–Crippen LogP) is 4.57. The minimum atomic E-state index is -5.54. The first-order chi connectivity index (χ1) is 15.4. The quantitative estimate of drug-likeness (QED) is 0.627. The minimum absolute atomic E-state index is 0.0513. The Morgan fingerprint density at radius 3 is 2.15 bits per heavy atom. The first kappa shape index (κ1) is 23.6. The summed E-state index contributed by atoms with van der Waals surface area (Å²) in [5.41, 5.74) is 2.76. The van der Waals surface area contributed by atoms with Gasteiger partial charge in [0.05, 0.1) is 0 Å². The van der Waals surface area contributed by atoms with Crippen LogP contribution in [-0.2, 0) is 11.3 Å². The van der Waals surface area contributed by atoms with E-state index >= 15 is 0 Å². The van der Waals surface area contributed by atoms with E-state index in [-0.39, 0.29) is 13.1 Å². The molecule has 2 aliphatic rings. The van der Waals surface area contributed by atoms with Crippen LogP contribution in [0.25, 0.3) is 11.1 Å². The predicted molar refractivity (Wildman–Crippen MR) is 108 cm³/mol. The Morgan fingerprint density at radius 1 is 0.939 bits per heavy atom. The average molecular weight is 472 g/mol. The lowest BCUT2D eigenvalue weighted by Gasteiger charge is -2.32. The molecule has 4 atom stereocenters. The van der Waals surface area contributed by atoms with Gasteiger partial charge in [-0.1, -0.05) is 48.5 Å². The third-order valence-corrected chi connectivity index (χ3v) is 6.52. The second-order valence-electron chi connectivity index (χ2n) is 8.66. The van der Waals surface area contributed by atoms with Crippen LogP contribution in [0, 0.1) is 17.8 Å². The largest absolute Gasteiger partial charge is 0.480 e. The molecular weight excluding hydrogens is 450 g/mol. The lowest BCUT2D eigenvalue weighted by Crippen LogP contribution is -2.53. The van der Waals surface area contributed by atoms with Crippen molar-refractivity contribution >= 4 is 5.97 Å². The van der Waals surface area contributed by atoms with E-state index in [0.717, 1.165) is 16.7 Å². The van der Waals surface area contributed by atoms with Crippen molar-refractivity contribution < 1.29 is 36.2 Å². The fourth-order valence-electron chi connectivity index (χ4n) is 5.19. The van der Waals surface area contributed by atoms with Crippen LogP contribution in [0.1, 0.15) is 5.56 Å². The number of carboxylic acids is 1. The van der Waals surface area contributed by atoms with Crippen molar-refractivity contribution in [1.29, 1.82) is 0 Å². The monoisotopic (exact) mass is 472 g/mol. The molecule has 2 aliphatic heterocycles. The molecule has 10 heteroatoms. The number of rotatable bonds is 5. The first-order valence-corrected chi connectivity index (χ1v) is 10.4. The summed E-state index contributed by atoms with van der Waals surface area (Å²) in [7, 11) is 0. The van der Waals surface area contributed by atoms with E-state index in [4.69, 9.17) is 0 Å². The second-order valence-corrected chi connectivity index (χ2v) is 8.66. The highest BCUT2D eigenvalue weighted by atomic mass is 19.4. The molecule has 0 spiro atoms. The van der Waals surface area contributed by atoms with E-state index in [9.17, 15) is 36.2 Å². The molecule has 33 heavy (non-hydrogen) atoms. The SMILES string of the molecule is O=C(O)C1NC(C(C(F)(F)F)C(F)(F)F)C2CN(Cc3cccc(-c4ccccc4)c3)CC12. The topological polar surface area (TPSA) is 52.6 Å². The van der Waals surface area contributed by atoms with Crippen molar-refractivity contribution in [3.8, 4) is 11.1 Å². The number of nitrogens with zero attached hydrogens (tertiary/aromatic N) is 1. The number of alkyl halides is 6. The van der Waals surface area contributed by atoms with Crippen molar-refractivity contribution in [2.45, 2.75) is 31.0 Å². The van der Waals surface area contributed by atoms with Crippen molar-refractivity contribution in [3.05, 3.63) is 60.2 Å². The van der Waals surface area contributed by atoms with Gasteiger partial charge in [-0.05, 0) is 28.7 Å². The van der Waals surface area contributed by atoms with Gasteiger partial charge in [0.25, 0.3) is 0 Å². The molecule has 2 aromatic carbocycles. The zero-order chi connectivity index (χ0) is 24.0. The van der Waals surface area contributed by atoms with Crippen molar-refractivity contribution in [2.75, 3.05) is 13.1 Å². The van der Waals surface area contributed by atoms with E-state index in [0.29, 0.717) is 6.54 Å². The maximum absolute atomic E-state index is 13.4. The van der Waals surface area contributed by atoms with Gasteiger partial charge in [-0.3, -0.25) is 9.69 Å². The van der Waals surface area contributed by atoms with E-state index in [1.54, 1.807) is 4.90 Å². The summed E-state index contributed by atoms with van der Waals surface area (Å²) in [6, 6.07) is 13.5. The third kappa shape index (κ3) is 4.86. The maximum atomic E-state index is 13.4. The molecular formula is C23H22F6N2O2. The van der Waals surface area contributed by atoms with Gasteiger partial charge < -0.3 is 10.4 Å². The molecule has 0 saturated carbocycles. The Labute approximate surface area is 186 Å². The molecule has 2 N–H and O–H groups in total. The standard InChI is InChI=1S/C23H22F6N2O2/c24-22(25,26)20(23(27,28)29)18-16-11-31(12-17(16)19(30-18)21(32)33)10-13-5-4-8-15(9-13)14-6-2-1-3-7-14/h1-9,16-20,30H,10-12H2,(H,32,33). The fraction of sp³-hybridized carbons (Fsp3) is 0.435. The number of likely N-dealkylation sites (tertiary alicyclic amines) is 1. The van der Waals surface area contributed by atoms with E-state index in [1.165, 1.54) is 0 Å². The molecule has 4 unspecified atom stereocenters. The van der Waals surface area contributed by atoms with Crippen LogP contribution in [0.2, 0.25) is 0 Å². The summed E-state index contributed by atoms with van der Waals surface area (Å²) in [6.45, 7) is 0.350. The van der Waals surface area contributed by atoms with Gasteiger partial charge in [-0.25, -0.2) is 0 Å². The van der Waals surface area contributed by atoms with Gasteiger partial charge in [0, 0.05) is 31.6 Å². The molecule has 2 saturated heterocycles. The Hall–Kier alpha value is -2.59. The smallest absolute Gasteiger partial charge is 0.402 e. The van der Waals surface area contributed by atoms with Gasteiger partial charge >= 0.3 is 18.3 Å². The van der Waals surface area contributed by atoms with Crippen LogP contribution in [0.4, 0.5) is 26.3 Å². The number of hydrogen-bond donors (Lipinski definition) is 2. The maximum Gasteiger partial charge on any atom is 0.402 e. The van der Waals surface area contributed by atoms with Crippen molar-refractivity contribution in [3.63, 3.8) is 0 Å². The Bertz CT molecular complexity index is 980. The summed E-state index contributed by atoms with van der Waals surface area (Å²) in [4.78, 5) is 13.4. The highest BCUT2D eigenvalue weighted by Gasteiger charge is 2.66. The number of halogens is 6. The zero-order valence-electron chi connectivity index (χ0n) is 17.3. The molecule has 178 valence electrons. The van der Waals surface area contributed by atoms with Gasteiger partial charge in [0.2, 0.25) is 0 Å². The lowest BCUT2D eigenvalue weighted by molar-refractivity contribution is -0.293. The zero-order valence-corrected chi connectivity index (χ0v) is 17.3. The highest BCUT2D eigenvalue weighted by molar-refractivity contribution is 5.74. The van der Waals surface area contributed by atoms with Crippen LogP contribution in [0.3, 0.4) is 0 Å². The van der Waals surface area contributed by atoms with Gasteiger partial charge in [0.1, 0.15) is 6.04 Å². The Morgan fingerprint density at radius 2 is 1.55 bits per heavy atom. The number of nitrogens with one attached hydrogen (secondary N) is 1. The Balaban J connectivity index is 1.56. The molecule has 4 nitrogen and oxygen atoms in total. The summed E-state index contributed by atoms with van der Waals surface area (Å²) >= 11 is 0. The number of carbonyl (C=O) groups is 1. The Kier molecular flexibility index (Phi) is 6.17. The van der Waals surface area contributed by atoms with Crippen LogP contribution in [-0.4, -0.2) is 53.5 Å². The molecule has 0 amide bonds. The van der Waals surface area contributed by atoms with E-state index in [2.05, 4.69) is 5.32 Å². The number of benzene rings is 2. The van der Waals surface area contributed by atoms with Crippen LogP contribution in [0.5, 0.6) is 0 Å². The van der Waals surface area contributed by atoms with Crippen molar-refractivity contribution in [2.24, 2.45) is 17.8 Å². The number of aliphatic carboxylic acids is 1. The van der Waals surface area contributed by atoms with Gasteiger partial charge in [-0.2, -0.15) is 26.3 Å². The molecule has 4 rings (SSSR count). The molecule has 0 aliphatic carbocycles. The summed E-state index contributed by atoms with van der Waals surface area (Å²) < 4.78 is 80.3. The lowest BCUT2D eigenvalue weighted by atomic mass is 9.84. The second kappa shape index (κ2) is 8.64. The van der Waals surface area contributed by atoms with Gasteiger partial charge in [0.15, 0.2) is 5.92 Å². The highest BCUT2D eigenvalue weighted by Crippen LogP contribution is 2.48. The third-order valence-electron chi connectivity index (χ3n) is 6.52. The normalized spacial score (nSPS) is 26.0. The van der Waals surface area contributed by atoms with Gasteiger partial charge in [-0.15, -0.1) is 0 Å². The summed E-state index contributed by atoms with van der Waals surface area (Å²) in [5.74, 6) is -7.00. The summed E-state index contributed by atoms with van der Waals surface area (Å²) in [6.07, 6.45) is -11.1. The average Bonchev–Trinajstić information content (AvgIpc) is 3.26. The van der Waals surface area contributed by atoms with E-state index < -0.39 is 48.2 Å². The van der Waals surface area contributed by atoms with Crippen LogP contribution >= 0.6 is 0 Å². The minimum Gasteiger partial charge on any atom is -0.480 e. The summed E-state index contributed by atoms with van der Waals surface area (Å²) in [5, 5.41) is 11.6. The van der Waals surface area contributed by atoms with E-state index in [1.807, 2.05) is 54.6 Å². The first-order valence-electron chi connectivity index (χ1n) is 10.4. The fourth-order valence-corrected chi connectivity index (χ4v) is 5.19. The number of fused-ring (bicyclic) bond motifs is 1. The van der Waals surface area contributed by atoms with Crippen LogP contribution in [0.15, 0.2) is 54.6 Å². The molecule has 2 heterocycles. The number of carboxylic acid groups (broad SMARTS) is 1. The molecule has 0 radical (unpaired) electrons. The van der Waals surface area contributed by atoms with Crippen LogP contribution < -0.4 is 5.32 Å². The molecule has 2 fully saturated rings. The molecule has 0 bridgehead atoms.